The minimum absolute atomic E-state index is 0.00703. The van der Waals surface area contributed by atoms with E-state index in [1.165, 1.54) is 87.5 Å². The summed E-state index contributed by atoms with van der Waals surface area (Å²) in [6, 6.07) is 12.5. The Hall–Kier alpha value is -1.26. The molecule has 2 nitrogen and oxygen atoms in total. The van der Waals surface area contributed by atoms with Crippen molar-refractivity contribution in [3.05, 3.63) is 47.5 Å². The van der Waals surface area contributed by atoms with Crippen LogP contribution < -0.4 is 4.74 Å². The lowest BCUT2D eigenvalue weighted by Gasteiger charge is -2.24. The van der Waals surface area contributed by atoms with Crippen LogP contribution in [0.3, 0.4) is 0 Å². The molecule has 0 aromatic heterocycles. The molecular weight excluding hydrogens is 541 g/mol. The second kappa shape index (κ2) is 18.4. The molecule has 0 radical (unpaired) electrons. The van der Waals surface area contributed by atoms with Gasteiger partial charge in [-0.1, -0.05) is 138 Å². The number of phenolic OH excluding ortho intramolecular Hbond substituents is 1. The van der Waals surface area contributed by atoms with E-state index in [1.807, 2.05) is 12.1 Å². The first-order valence-electron chi connectivity index (χ1n) is 16.3. The first-order chi connectivity index (χ1) is 19.4. The van der Waals surface area contributed by atoms with Crippen molar-refractivity contribution in [1.82, 2.24) is 0 Å². The number of hydrogen-bond acceptors (Lipinski definition) is 4. The van der Waals surface area contributed by atoms with Gasteiger partial charge in [-0.05, 0) is 53.6 Å². The van der Waals surface area contributed by atoms with E-state index in [9.17, 15) is 5.11 Å². The molecule has 0 spiro atoms. The van der Waals surface area contributed by atoms with E-state index in [0.717, 1.165) is 28.6 Å². The first kappa shape index (κ1) is 35.9. The van der Waals surface area contributed by atoms with Gasteiger partial charge in [-0.15, -0.1) is 0 Å². The van der Waals surface area contributed by atoms with Crippen LogP contribution in [0.5, 0.6) is 11.5 Å². The van der Waals surface area contributed by atoms with Gasteiger partial charge in [0.2, 0.25) is 0 Å². The molecule has 0 saturated carbocycles. The standard InChI is InChI=1S/C37H60O2S2/c1-9-10-11-12-13-14-15-16-17-18-19-20-29(2)40-26-25-39-35-24-22-31(28-33(35)37(6,7)8)41-30-21-23-34(38)32(27-30)36(3,4)5/h21-24,27-29,38H,9-20,25-26H2,1-8H3. The molecule has 0 amide bonds. The highest BCUT2D eigenvalue weighted by atomic mass is 32.2. The molecule has 0 fully saturated rings. The zero-order valence-electron chi connectivity index (χ0n) is 27.6. The van der Waals surface area contributed by atoms with E-state index in [-0.39, 0.29) is 10.8 Å². The van der Waals surface area contributed by atoms with Crippen molar-refractivity contribution in [2.24, 2.45) is 0 Å². The molecule has 2 aromatic carbocycles. The Kier molecular flexibility index (Phi) is 16.1. The largest absolute Gasteiger partial charge is 0.508 e. The molecule has 232 valence electrons. The van der Waals surface area contributed by atoms with Gasteiger partial charge in [-0.3, -0.25) is 0 Å². The van der Waals surface area contributed by atoms with E-state index >= 15 is 0 Å². The summed E-state index contributed by atoms with van der Waals surface area (Å²) >= 11 is 3.80. The minimum atomic E-state index is -0.0998. The highest BCUT2D eigenvalue weighted by Gasteiger charge is 2.21. The van der Waals surface area contributed by atoms with Crippen LogP contribution in [0.25, 0.3) is 0 Å². The summed E-state index contributed by atoms with van der Waals surface area (Å²) in [5, 5.41) is 11.0. The summed E-state index contributed by atoms with van der Waals surface area (Å²) < 4.78 is 6.35. The van der Waals surface area contributed by atoms with Crippen molar-refractivity contribution in [2.45, 2.75) is 158 Å². The molecule has 0 saturated heterocycles. The fraction of sp³-hybridized carbons (Fsp3) is 0.676. The van der Waals surface area contributed by atoms with Gasteiger partial charge in [-0.2, -0.15) is 11.8 Å². The van der Waals surface area contributed by atoms with Crippen LogP contribution in [-0.2, 0) is 10.8 Å². The Labute approximate surface area is 262 Å². The van der Waals surface area contributed by atoms with E-state index < -0.39 is 0 Å². The number of ether oxygens (including phenoxy) is 1. The lowest BCUT2D eigenvalue weighted by Crippen LogP contribution is -2.15. The highest BCUT2D eigenvalue weighted by Crippen LogP contribution is 2.40. The second-order valence-corrected chi connectivity index (χ2v) is 16.5. The summed E-state index contributed by atoms with van der Waals surface area (Å²) in [7, 11) is 0. The van der Waals surface area contributed by atoms with Gasteiger partial charge < -0.3 is 9.84 Å². The fourth-order valence-electron chi connectivity index (χ4n) is 5.18. The Balaban J connectivity index is 1.75. The van der Waals surface area contributed by atoms with Crippen molar-refractivity contribution >= 4 is 23.5 Å². The number of hydrogen-bond donors (Lipinski definition) is 1. The van der Waals surface area contributed by atoms with Crippen LogP contribution in [0.1, 0.15) is 144 Å². The molecule has 0 bridgehead atoms. The number of aromatic hydroxyl groups is 1. The maximum Gasteiger partial charge on any atom is 0.123 e. The monoisotopic (exact) mass is 600 g/mol. The van der Waals surface area contributed by atoms with Crippen molar-refractivity contribution in [3.8, 4) is 11.5 Å². The number of benzene rings is 2. The van der Waals surface area contributed by atoms with Crippen molar-refractivity contribution in [2.75, 3.05) is 12.4 Å². The van der Waals surface area contributed by atoms with Gasteiger partial charge >= 0.3 is 0 Å². The molecule has 0 aliphatic carbocycles. The number of phenols is 1. The third-order valence-electron chi connectivity index (χ3n) is 7.73. The summed E-state index contributed by atoms with van der Waals surface area (Å²) in [5.41, 5.74) is 2.12. The Morgan fingerprint density at radius 3 is 1.78 bits per heavy atom. The third kappa shape index (κ3) is 14.2. The number of thioether (sulfide) groups is 1. The van der Waals surface area contributed by atoms with Crippen molar-refractivity contribution in [3.63, 3.8) is 0 Å². The van der Waals surface area contributed by atoms with Gasteiger partial charge in [0.25, 0.3) is 0 Å². The Morgan fingerprint density at radius 2 is 1.22 bits per heavy atom. The van der Waals surface area contributed by atoms with Gasteiger partial charge in [-0.25, -0.2) is 0 Å². The molecule has 2 rings (SSSR count). The molecule has 0 aliphatic rings. The summed E-state index contributed by atoms with van der Waals surface area (Å²) in [6.07, 6.45) is 16.8. The molecule has 41 heavy (non-hydrogen) atoms. The van der Waals surface area contributed by atoms with Gasteiger partial charge in [0, 0.05) is 31.9 Å². The number of unbranched alkanes of at least 4 members (excludes halogenated alkanes) is 10. The van der Waals surface area contributed by atoms with Crippen LogP contribution in [-0.4, -0.2) is 22.7 Å². The topological polar surface area (TPSA) is 29.5 Å². The predicted molar refractivity (Wildman–Crippen MR) is 185 cm³/mol. The van der Waals surface area contributed by atoms with Gasteiger partial charge in [0.05, 0.1) is 6.61 Å². The van der Waals surface area contributed by atoms with Crippen molar-refractivity contribution < 1.29 is 9.84 Å². The maximum absolute atomic E-state index is 10.3. The van der Waals surface area contributed by atoms with Crippen LogP contribution in [0, 0.1) is 0 Å². The Bertz CT molecular complexity index is 1000. The predicted octanol–water partition coefficient (Wildman–Crippen LogP) is 12.3. The van der Waals surface area contributed by atoms with E-state index in [1.54, 1.807) is 11.8 Å². The molecule has 1 unspecified atom stereocenters. The quantitative estimate of drug-likeness (QED) is 0.162. The van der Waals surface area contributed by atoms with Gasteiger partial charge in [0.15, 0.2) is 0 Å². The summed E-state index contributed by atoms with van der Waals surface area (Å²) in [5.74, 6) is 2.40. The lowest BCUT2D eigenvalue weighted by molar-refractivity contribution is 0.332. The van der Waals surface area contributed by atoms with E-state index in [2.05, 4.69) is 91.4 Å². The molecule has 0 heterocycles. The second-order valence-electron chi connectivity index (χ2n) is 13.8. The van der Waals surface area contributed by atoms with Crippen LogP contribution in [0.2, 0.25) is 0 Å². The lowest BCUT2D eigenvalue weighted by atomic mass is 9.86. The average molecular weight is 601 g/mol. The zero-order chi connectivity index (χ0) is 30.3. The smallest absolute Gasteiger partial charge is 0.123 e. The normalized spacial score (nSPS) is 13.0. The molecule has 4 heteroatoms. The zero-order valence-corrected chi connectivity index (χ0v) is 29.2. The molecule has 1 N–H and O–H groups in total. The van der Waals surface area contributed by atoms with Crippen LogP contribution in [0.4, 0.5) is 0 Å². The van der Waals surface area contributed by atoms with Crippen molar-refractivity contribution in [1.29, 1.82) is 0 Å². The van der Waals surface area contributed by atoms with Crippen LogP contribution in [0.15, 0.2) is 46.2 Å². The third-order valence-corrected chi connectivity index (χ3v) is 9.91. The average Bonchev–Trinajstić information content (AvgIpc) is 2.90. The fourth-order valence-corrected chi connectivity index (χ4v) is 6.99. The highest BCUT2D eigenvalue weighted by molar-refractivity contribution is 8.00. The van der Waals surface area contributed by atoms with E-state index in [4.69, 9.17) is 4.74 Å². The first-order valence-corrected chi connectivity index (χ1v) is 18.2. The van der Waals surface area contributed by atoms with E-state index in [0.29, 0.717) is 11.0 Å². The molecular formula is C37H60O2S2. The maximum atomic E-state index is 10.3. The van der Waals surface area contributed by atoms with Crippen LogP contribution >= 0.6 is 23.5 Å². The molecule has 2 aromatic rings. The SMILES string of the molecule is CCCCCCCCCCCCCC(C)SCCOc1ccc(Sc2ccc(O)c(C(C)(C)C)c2)cc1C(C)(C)C. The number of rotatable bonds is 19. The summed E-state index contributed by atoms with van der Waals surface area (Å²) in [6.45, 7) is 18.6. The minimum Gasteiger partial charge on any atom is -0.508 e. The molecule has 1 atom stereocenters. The van der Waals surface area contributed by atoms with Gasteiger partial charge in [0.1, 0.15) is 11.5 Å². The Morgan fingerprint density at radius 1 is 0.707 bits per heavy atom. The summed E-state index contributed by atoms with van der Waals surface area (Å²) in [4.78, 5) is 2.34. The molecule has 0 aliphatic heterocycles.